The van der Waals surface area contributed by atoms with Crippen molar-refractivity contribution < 1.29 is 0 Å². The van der Waals surface area contributed by atoms with E-state index in [4.69, 9.17) is 4.98 Å². The van der Waals surface area contributed by atoms with Gasteiger partial charge in [-0.1, -0.05) is 158 Å². The number of fused-ring (bicyclic) bond motifs is 19. The van der Waals surface area contributed by atoms with Gasteiger partial charge in [0, 0.05) is 22.0 Å². The normalized spacial score (nSPS) is 13.4. The van der Waals surface area contributed by atoms with E-state index in [1.807, 2.05) is 0 Å². The van der Waals surface area contributed by atoms with Crippen molar-refractivity contribution in [3.63, 3.8) is 0 Å². The first-order valence-corrected chi connectivity index (χ1v) is 20.3. The van der Waals surface area contributed by atoms with Crippen molar-refractivity contribution in [1.29, 1.82) is 0 Å². The Labute approximate surface area is 307 Å². The van der Waals surface area contributed by atoms with Crippen molar-refractivity contribution in [2.75, 3.05) is 0 Å². The Balaban J connectivity index is 1.25. The molecule has 2 aliphatic heterocycles. The quantitative estimate of drug-likeness (QED) is 0.158. The molecule has 246 valence electrons. The van der Waals surface area contributed by atoms with Crippen molar-refractivity contribution >= 4 is 61.7 Å². The van der Waals surface area contributed by atoms with E-state index < -0.39 is 8.07 Å². The molecule has 0 radical (unpaired) electrons. The van der Waals surface area contributed by atoms with E-state index in [9.17, 15) is 0 Å². The number of hydrogen-bond donors (Lipinski definition) is 0. The van der Waals surface area contributed by atoms with Crippen molar-refractivity contribution in [3.8, 4) is 45.0 Å². The van der Waals surface area contributed by atoms with Crippen molar-refractivity contribution in [2.24, 2.45) is 0 Å². The maximum Gasteiger partial charge on any atom is 0.183 e. The van der Waals surface area contributed by atoms with Gasteiger partial charge in [-0.15, -0.1) is 0 Å². The van der Waals surface area contributed by atoms with Gasteiger partial charge in [0.05, 0.1) is 22.2 Å². The Morgan fingerprint density at radius 3 is 1.38 bits per heavy atom. The van der Waals surface area contributed by atoms with Gasteiger partial charge in [0.2, 0.25) is 0 Å². The van der Waals surface area contributed by atoms with E-state index >= 15 is 0 Å². The summed E-state index contributed by atoms with van der Waals surface area (Å²) < 4.78 is 4.87. The molecule has 4 heterocycles. The van der Waals surface area contributed by atoms with E-state index in [0.717, 1.165) is 22.5 Å². The molecule has 8 aromatic carbocycles. The molecular weight excluding hydrogens is 659 g/mol. The second kappa shape index (κ2) is 10.6. The molecule has 10 aromatic rings. The fourth-order valence-corrected chi connectivity index (χ4v) is 15.3. The largest absolute Gasteiger partial charge is 0.307 e. The molecule has 0 unspecified atom stereocenters. The Hall–Kier alpha value is -6.75. The van der Waals surface area contributed by atoms with Gasteiger partial charge in [-0.05, 0) is 73.3 Å². The van der Waals surface area contributed by atoms with E-state index in [0.29, 0.717) is 0 Å². The minimum Gasteiger partial charge on any atom is -0.307 e. The standard InChI is InChI=1S/C49H31N3Si/c1-2-17-33-32(16-1)36-20-5-11-28-44(36)53(45-29-12-6-21-37(33)45)46-30-13-7-22-38(46)49-50-48-42(26-15-27-43(48)52(49)41-25-10-14-31-47(41)53)51-39-23-8-3-18-34(39)35-19-4-9-24-40(35)51/h1-31H. The Kier molecular flexibility index (Phi) is 5.80. The number of nitrogens with zero attached hydrogens (tertiary/aromatic N) is 3. The average Bonchev–Trinajstić information content (AvgIpc) is 3.72. The third kappa shape index (κ3) is 3.65. The zero-order chi connectivity index (χ0) is 34.7. The van der Waals surface area contributed by atoms with Crippen LogP contribution in [0.15, 0.2) is 188 Å². The van der Waals surface area contributed by atoms with Gasteiger partial charge in [0.15, 0.2) is 8.07 Å². The molecule has 53 heavy (non-hydrogen) atoms. The molecular formula is C49H31N3Si. The summed E-state index contributed by atoms with van der Waals surface area (Å²) in [6.07, 6.45) is 0. The fraction of sp³-hybridized carbons (Fsp3) is 0. The summed E-state index contributed by atoms with van der Waals surface area (Å²) in [6.45, 7) is 0. The van der Waals surface area contributed by atoms with Crippen LogP contribution < -0.4 is 20.7 Å². The number of rotatable bonds is 1. The van der Waals surface area contributed by atoms with Gasteiger partial charge in [-0.25, -0.2) is 4.98 Å². The number of aromatic nitrogens is 3. The minimum atomic E-state index is -3.01. The van der Waals surface area contributed by atoms with Gasteiger partial charge in [0.1, 0.15) is 11.3 Å². The molecule has 3 nitrogen and oxygen atoms in total. The number of imidazole rings is 1. The summed E-state index contributed by atoms with van der Waals surface area (Å²) in [5.41, 5.74) is 13.1. The molecule has 12 rings (SSSR count). The summed E-state index contributed by atoms with van der Waals surface area (Å²) in [7, 11) is -3.01. The first-order chi connectivity index (χ1) is 26.3. The molecule has 2 aliphatic rings. The van der Waals surface area contributed by atoms with Gasteiger partial charge in [-0.2, -0.15) is 0 Å². The molecule has 4 heteroatoms. The second-order valence-corrected chi connectivity index (χ2v) is 17.9. The molecule has 0 atom stereocenters. The van der Waals surface area contributed by atoms with Gasteiger partial charge in [-0.3, -0.25) is 4.57 Å². The van der Waals surface area contributed by atoms with Crippen molar-refractivity contribution in [2.45, 2.75) is 0 Å². The maximum absolute atomic E-state index is 5.74. The SMILES string of the molecule is c1ccc2c(c1)-c1ccccc1[Si]1(c3ccccc3-2)c2ccccc2-c2nc3c(-n4c5ccccc5c5ccccc54)cccc3n2-c2ccccc21. The summed E-state index contributed by atoms with van der Waals surface area (Å²) in [4.78, 5) is 5.74. The average molecular weight is 690 g/mol. The molecule has 0 aliphatic carbocycles. The van der Waals surface area contributed by atoms with E-state index in [1.165, 1.54) is 76.1 Å². The van der Waals surface area contributed by atoms with Crippen LogP contribution in [0, 0.1) is 0 Å². The Morgan fingerprint density at radius 2 is 0.755 bits per heavy atom. The zero-order valence-corrected chi connectivity index (χ0v) is 29.7. The first kappa shape index (κ1) is 28.9. The van der Waals surface area contributed by atoms with Crippen LogP contribution in [0.5, 0.6) is 0 Å². The predicted octanol–water partition coefficient (Wildman–Crippen LogP) is 9.13. The lowest BCUT2D eigenvalue weighted by molar-refractivity contribution is 1.12. The Bertz CT molecular complexity index is 3030. The van der Waals surface area contributed by atoms with Crippen LogP contribution in [0.2, 0.25) is 0 Å². The fourth-order valence-electron chi connectivity index (χ4n) is 9.78. The molecule has 1 spiro atoms. The van der Waals surface area contributed by atoms with Crippen LogP contribution in [0.25, 0.3) is 77.9 Å². The van der Waals surface area contributed by atoms with Crippen molar-refractivity contribution in [3.05, 3.63) is 188 Å². The van der Waals surface area contributed by atoms with Crippen molar-refractivity contribution in [1.82, 2.24) is 14.1 Å². The predicted molar refractivity (Wildman–Crippen MR) is 222 cm³/mol. The molecule has 0 amide bonds. The third-order valence-corrected chi connectivity index (χ3v) is 16.7. The topological polar surface area (TPSA) is 22.8 Å². The van der Waals surface area contributed by atoms with Crippen LogP contribution >= 0.6 is 0 Å². The molecule has 0 saturated heterocycles. The maximum atomic E-state index is 5.74. The highest BCUT2D eigenvalue weighted by Gasteiger charge is 2.50. The molecule has 0 fully saturated rings. The van der Waals surface area contributed by atoms with Gasteiger partial charge in [0.25, 0.3) is 0 Å². The summed E-state index contributed by atoms with van der Waals surface area (Å²) >= 11 is 0. The summed E-state index contributed by atoms with van der Waals surface area (Å²) in [5.74, 6) is 0.984. The minimum absolute atomic E-state index is 0.984. The number of hydrogen-bond acceptors (Lipinski definition) is 1. The molecule has 0 bridgehead atoms. The molecule has 0 saturated carbocycles. The smallest absolute Gasteiger partial charge is 0.183 e. The van der Waals surface area contributed by atoms with E-state index in [1.54, 1.807) is 0 Å². The monoisotopic (exact) mass is 689 g/mol. The zero-order valence-electron chi connectivity index (χ0n) is 28.7. The lowest BCUT2D eigenvalue weighted by atomic mass is 9.95. The lowest BCUT2D eigenvalue weighted by Crippen LogP contribution is -2.75. The van der Waals surface area contributed by atoms with E-state index in [-0.39, 0.29) is 0 Å². The van der Waals surface area contributed by atoms with Crippen LogP contribution in [-0.4, -0.2) is 22.2 Å². The highest BCUT2D eigenvalue weighted by molar-refractivity contribution is 7.22. The van der Waals surface area contributed by atoms with Crippen LogP contribution in [0.3, 0.4) is 0 Å². The number of para-hydroxylation sites is 4. The van der Waals surface area contributed by atoms with Gasteiger partial charge < -0.3 is 4.57 Å². The van der Waals surface area contributed by atoms with Gasteiger partial charge >= 0.3 is 0 Å². The van der Waals surface area contributed by atoms with Crippen LogP contribution in [0.4, 0.5) is 0 Å². The molecule has 2 aromatic heterocycles. The van der Waals surface area contributed by atoms with Crippen LogP contribution in [-0.2, 0) is 0 Å². The summed E-state index contributed by atoms with van der Waals surface area (Å²) in [5, 5.41) is 8.07. The number of benzene rings is 8. The highest BCUT2D eigenvalue weighted by atomic mass is 28.3. The second-order valence-electron chi connectivity index (χ2n) is 14.2. The van der Waals surface area contributed by atoms with Crippen LogP contribution in [0.1, 0.15) is 0 Å². The molecule has 0 N–H and O–H groups in total. The summed E-state index contributed by atoms with van der Waals surface area (Å²) in [6, 6.07) is 69.9. The lowest BCUT2D eigenvalue weighted by Gasteiger charge is -2.36. The first-order valence-electron chi connectivity index (χ1n) is 18.3. The third-order valence-electron chi connectivity index (χ3n) is 11.8. The highest BCUT2D eigenvalue weighted by Crippen LogP contribution is 2.41. The van der Waals surface area contributed by atoms with E-state index in [2.05, 4.69) is 197 Å². The Morgan fingerprint density at radius 1 is 0.321 bits per heavy atom.